The van der Waals surface area contributed by atoms with Gasteiger partial charge in [0.1, 0.15) is 17.9 Å². The first-order chi connectivity index (χ1) is 11.6. The van der Waals surface area contributed by atoms with Crippen LogP contribution < -0.4 is 0 Å². The van der Waals surface area contributed by atoms with Gasteiger partial charge in [0.25, 0.3) is 0 Å². The third-order valence-electron chi connectivity index (χ3n) is 4.44. The second kappa shape index (κ2) is 7.16. The molecule has 0 saturated carbocycles. The quantitative estimate of drug-likeness (QED) is 0.794. The maximum absolute atomic E-state index is 12.2. The second-order valence-corrected chi connectivity index (χ2v) is 8.21. The second-order valence-electron chi connectivity index (χ2n) is 6.12. The molecule has 0 aliphatic carbocycles. The Balaban J connectivity index is 1.84. The largest absolute Gasteiger partial charge is 0.377 e. The van der Waals surface area contributed by atoms with Gasteiger partial charge in [0, 0.05) is 32.4 Å². The van der Waals surface area contributed by atoms with E-state index in [1.807, 2.05) is 19.1 Å². The van der Waals surface area contributed by atoms with E-state index in [4.69, 9.17) is 4.74 Å². The highest BCUT2D eigenvalue weighted by Crippen LogP contribution is 2.29. The molecule has 0 unspecified atom stereocenters. The van der Waals surface area contributed by atoms with Crippen molar-refractivity contribution < 1.29 is 13.2 Å². The maximum Gasteiger partial charge on any atom is 0.214 e. The van der Waals surface area contributed by atoms with Gasteiger partial charge in [0.2, 0.25) is 10.0 Å². The van der Waals surface area contributed by atoms with Crippen LogP contribution >= 0.6 is 0 Å². The third kappa shape index (κ3) is 3.31. The van der Waals surface area contributed by atoms with Crippen molar-refractivity contribution in [3.63, 3.8) is 0 Å². The number of sulfonamides is 1. The highest BCUT2D eigenvalue weighted by atomic mass is 32.2. The van der Waals surface area contributed by atoms with Gasteiger partial charge < -0.3 is 9.30 Å². The summed E-state index contributed by atoms with van der Waals surface area (Å²) in [5, 5.41) is 0. The van der Waals surface area contributed by atoms with Crippen LogP contribution in [-0.2, 0) is 21.4 Å². The molecule has 2 aromatic heterocycles. The summed E-state index contributed by atoms with van der Waals surface area (Å²) < 4.78 is 33.5. The lowest BCUT2D eigenvalue weighted by atomic mass is 10.1. The molecule has 0 bridgehead atoms. The zero-order valence-corrected chi connectivity index (χ0v) is 15.0. The number of hydrogen-bond donors (Lipinski definition) is 0. The molecule has 24 heavy (non-hydrogen) atoms. The molecule has 1 aliphatic rings. The fourth-order valence-electron chi connectivity index (χ4n) is 3.36. The van der Waals surface area contributed by atoms with Crippen molar-refractivity contribution in [2.45, 2.75) is 38.8 Å². The van der Waals surface area contributed by atoms with Gasteiger partial charge in [0.15, 0.2) is 5.65 Å². The molecular formula is C16H24N4O3S. The Bertz CT molecular complexity index is 795. The van der Waals surface area contributed by atoms with E-state index in [2.05, 4.69) is 14.5 Å². The minimum Gasteiger partial charge on any atom is -0.377 e. The Morgan fingerprint density at radius 2 is 2.08 bits per heavy atom. The Morgan fingerprint density at radius 1 is 1.33 bits per heavy atom. The number of nitrogens with zero attached hydrogens (tertiary/aromatic N) is 4. The summed E-state index contributed by atoms with van der Waals surface area (Å²) in [6.07, 6.45) is 3.94. The van der Waals surface area contributed by atoms with Gasteiger partial charge in [-0.1, -0.05) is 6.92 Å². The molecule has 0 atom stereocenters. The Morgan fingerprint density at radius 3 is 2.75 bits per heavy atom. The number of rotatable bonds is 6. The van der Waals surface area contributed by atoms with Crippen molar-refractivity contribution >= 4 is 21.2 Å². The van der Waals surface area contributed by atoms with E-state index in [0.717, 1.165) is 29.8 Å². The van der Waals surface area contributed by atoms with Gasteiger partial charge in [-0.3, -0.25) is 0 Å². The lowest BCUT2D eigenvalue weighted by Gasteiger charge is -2.32. The van der Waals surface area contributed by atoms with Crippen molar-refractivity contribution in [3.8, 4) is 0 Å². The standard InChI is InChI=1S/C16H24N4O3S/c1-3-11-24(21,22)19-9-6-13(7-10-19)20-15(12-23-2)18-14-5-4-8-17-16(14)20/h4-5,8,13H,3,6-7,9-12H2,1-2H3. The first kappa shape index (κ1) is 17.3. The summed E-state index contributed by atoms with van der Waals surface area (Å²) in [6, 6.07) is 4.01. The smallest absolute Gasteiger partial charge is 0.214 e. The van der Waals surface area contributed by atoms with Crippen LogP contribution in [0.1, 0.15) is 38.1 Å². The molecule has 1 saturated heterocycles. The number of fused-ring (bicyclic) bond motifs is 1. The minimum absolute atomic E-state index is 0.197. The number of imidazole rings is 1. The van der Waals surface area contributed by atoms with Crippen molar-refractivity contribution in [3.05, 3.63) is 24.2 Å². The molecule has 132 valence electrons. The Hall–Kier alpha value is -1.51. The van der Waals surface area contributed by atoms with Gasteiger partial charge in [0.05, 0.1) is 5.75 Å². The van der Waals surface area contributed by atoms with Crippen LogP contribution in [0.5, 0.6) is 0 Å². The first-order valence-electron chi connectivity index (χ1n) is 8.35. The van der Waals surface area contributed by atoms with Gasteiger partial charge in [-0.15, -0.1) is 0 Å². The van der Waals surface area contributed by atoms with Crippen molar-refractivity contribution in [1.29, 1.82) is 0 Å². The molecule has 7 nitrogen and oxygen atoms in total. The highest BCUT2D eigenvalue weighted by Gasteiger charge is 2.30. The zero-order valence-electron chi connectivity index (χ0n) is 14.2. The van der Waals surface area contributed by atoms with Crippen LogP contribution in [0.15, 0.2) is 18.3 Å². The topological polar surface area (TPSA) is 77.3 Å². The monoisotopic (exact) mass is 352 g/mol. The van der Waals surface area contributed by atoms with Crippen LogP contribution in [-0.4, -0.2) is 53.2 Å². The predicted octanol–water partition coefficient (Wildman–Crippen LogP) is 1.95. The van der Waals surface area contributed by atoms with E-state index in [9.17, 15) is 8.42 Å². The van der Waals surface area contributed by atoms with Crippen molar-refractivity contribution in [2.75, 3.05) is 26.0 Å². The van der Waals surface area contributed by atoms with Crippen LogP contribution in [0, 0.1) is 0 Å². The molecular weight excluding hydrogens is 328 g/mol. The summed E-state index contributed by atoms with van der Waals surface area (Å²) in [5.74, 6) is 1.07. The fraction of sp³-hybridized carbons (Fsp3) is 0.625. The highest BCUT2D eigenvalue weighted by molar-refractivity contribution is 7.89. The minimum atomic E-state index is -3.12. The molecule has 8 heteroatoms. The normalized spacial score (nSPS) is 17.6. The molecule has 1 fully saturated rings. The fourth-order valence-corrected chi connectivity index (χ4v) is 4.90. The summed E-state index contributed by atoms with van der Waals surface area (Å²) in [6.45, 7) is 3.41. The molecule has 2 aromatic rings. The average Bonchev–Trinajstić information content (AvgIpc) is 2.93. The van der Waals surface area contributed by atoms with E-state index in [1.165, 1.54) is 0 Å². The number of hydrogen-bond acceptors (Lipinski definition) is 5. The van der Waals surface area contributed by atoms with E-state index < -0.39 is 10.0 Å². The molecule has 3 rings (SSSR count). The van der Waals surface area contributed by atoms with Crippen LogP contribution in [0.3, 0.4) is 0 Å². The zero-order chi connectivity index (χ0) is 17.2. The van der Waals surface area contributed by atoms with Gasteiger partial charge in [-0.05, 0) is 31.4 Å². The lowest BCUT2D eigenvalue weighted by molar-refractivity contribution is 0.168. The molecule has 0 amide bonds. The number of pyridine rings is 1. The average molecular weight is 352 g/mol. The van der Waals surface area contributed by atoms with Crippen molar-refractivity contribution in [1.82, 2.24) is 18.8 Å². The summed E-state index contributed by atoms with van der Waals surface area (Å²) in [4.78, 5) is 9.09. The molecule has 0 N–H and O–H groups in total. The maximum atomic E-state index is 12.2. The summed E-state index contributed by atoms with van der Waals surface area (Å²) >= 11 is 0. The molecule has 0 aromatic carbocycles. The molecule has 3 heterocycles. The van der Waals surface area contributed by atoms with E-state index in [1.54, 1.807) is 17.6 Å². The SMILES string of the molecule is CCCS(=O)(=O)N1CCC(n2c(COC)nc3cccnc32)CC1. The Kier molecular flexibility index (Phi) is 5.17. The van der Waals surface area contributed by atoms with Gasteiger partial charge >= 0.3 is 0 Å². The summed E-state index contributed by atoms with van der Waals surface area (Å²) in [7, 11) is -1.47. The van der Waals surface area contributed by atoms with Gasteiger partial charge in [-0.2, -0.15) is 0 Å². The van der Waals surface area contributed by atoms with Crippen LogP contribution in [0.4, 0.5) is 0 Å². The number of methoxy groups -OCH3 is 1. The molecule has 1 aliphatic heterocycles. The molecule has 0 radical (unpaired) electrons. The number of piperidine rings is 1. The van der Waals surface area contributed by atoms with Crippen LogP contribution in [0.2, 0.25) is 0 Å². The molecule has 0 spiro atoms. The van der Waals surface area contributed by atoms with E-state index >= 15 is 0 Å². The number of ether oxygens (including phenoxy) is 1. The third-order valence-corrected chi connectivity index (χ3v) is 6.52. The first-order valence-corrected chi connectivity index (χ1v) is 9.96. The Labute approximate surface area is 142 Å². The van der Waals surface area contributed by atoms with Crippen LogP contribution in [0.25, 0.3) is 11.2 Å². The van der Waals surface area contributed by atoms with E-state index in [0.29, 0.717) is 26.1 Å². The lowest BCUT2D eigenvalue weighted by Crippen LogP contribution is -2.40. The predicted molar refractivity (Wildman–Crippen MR) is 92.2 cm³/mol. The van der Waals surface area contributed by atoms with Gasteiger partial charge in [-0.25, -0.2) is 22.7 Å². The summed E-state index contributed by atoms with van der Waals surface area (Å²) in [5.41, 5.74) is 1.70. The van der Waals surface area contributed by atoms with Crippen molar-refractivity contribution in [2.24, 2.45) is 0 Å². The number of aromatic nitrogens is 3. The van der Waals surface area contributed by atoms with E-state index in [-0.39, 0.29) is 11.8 Å².